The largest absolute Gasteiger partial charge is 0.506 e. The van der Waals surface area contributed by atoms with Gasteiger partial charge < -0.3 is 34.9 Å². The lowest BCUT2D eigenvalue weighted by atomic mass is 9.91. The molecule has 1 amide bonds. The topological polar surface area (TPSA) is 144 Å². The van der Waals surface area contributed by atoms with Gasteiger partial charge in [-0.2, -0.15) is 0 Å². The van der Waals surface area contributed by atoms with Crippen LogP contribution >= 0.6 is 0 Å². The number of H-pyrrole nitrogens is 1. The van der Waals surface area contributed by atoms with Gasteiger partial charge in [0.05, 0.1) is 24.8 Å². The molecule has 2 aliphatic heterocycles. The Kier molecular flexibility index (Phi) is 13.2. The van der Waals surface area contributed by atoms with Gasteiger partial charge in [0.2, 0.25) is 5.56 Å². The molecule has 0 radical (unpaired) electrons. The molecule has 3 heterocycles. The maximum Gasteiger partial charge on any atom is 0.317 e. The lowest BCUT2D eigenvalue weighted by Gasteiger charge is -2.39. The number of fused-ring (bicyclic) bond motifs is 1. The fraction of sp³-hybridized carbons (Fsp3) is 0.300. The first-order valence-electron chi connectivity index (χ1n) is 21.1. The van der Waals surface area contributed by atoms with Crippen LogP contribution in [0.4, 0.5) is 0 Å². The summed E-state index contributed by atoms with van der Waals surface area (Å²) in [5.41, 5.74) is 5.12. The van der Waals surface area contributed by atoms with Crippen molar-refractivity contribution < 1.29 is 29.3 Å². The van der Waals surface area contributed by atoms with Crippen LogP contribution in [0.5, 0.6) is 11.5 Å². The van der Waals surface area contributed by atoms with Crippen molar-refractivity contribution in [3.05, 3.63) is 177 Å². The summed E-state index contributed by atoms with van der Waals surface area (Å²) in [5, 5.41) is 24.8. The highest BCUT2D eigenvalue weighted by molar-refractivity contribution is 5.94. The summed E-state index contributed by atoms with van der Waals surface area (Å²) in [6.07, 6.45) is 1.12. The van der Waals surface area contributed by atoms with Crippen LogP contribution in [0.2, 0.25) is 0 Å². The number of aliphatic hydroxyl groups excluding tert-OH is 1. The molecule has 11 heteroatoms. The average Bonchev–Trinajstić information content (AvgIpc) is 3.27. The summed E-state index contributed by atoms with van der Waals surface area (Å²) < 4.78 is 12.3. The minimum atomic E-state index is -0.869. The Morgan fingerprint density at radius 1 is 0.770 bits per heavy atom. The van der Waals surface area contributed by atoms with Gasteiger partial charge in [-0.15, -0.1) is 0 Å². The Balaban J connectivity index is 0.788. The van der Waals surface area contributed by atoms with Gasteiger partial charge in [-0.3, -0.25) is 19.3 Å². The molecule has 4 N–H and O–H groups in total. The number of benzene rings is 5. The number of pyridine rings is 1. The van der Waals surface area contributed by atoms with Gasteiger partial charge in [-0.1, -0.05) is 91.0 Å². The van der Waals surface area contributed by atoms with E-state index in [0.717, 1.165) is 49.2 Å². The fourth-order valence-electron chi connectivity index (χ4n) is 8.35. The lowest BCUT2D eigenvalue weighted by Crippen LogP contribution is -2.52. The first-order valence-corrected chi connectivity index (χ1v) is 21.1. The molecule has 8 rings (SSSR count). The molecule has 2 atom stereocenters. The van der Waals surface area contributed by atoms with Gasteiger partial charge in [0.25, 0.3) is 5.91 Å². The second-order valence-electron chi connectivity index (χ2n) is 16.3. The number of phenols is 1. The Bertz CT molecular complexity index is 2460. The first kappa shape index (κ1) is 41.5. The highest BCUT2D eigenvalue weighted by Crippen LogP contribution is 2.31. The van der Waals surface area contributed by atoms with Crippen molar-refractivity contribution in [2.24, 2.45) is 11.8 Å². The number of ether oxygens (including phenoxy) is 2. The number of carbonyl (C=O) groups is 2. The normalized spacial score (nSPS) is 15.9. The fourth-order valence-corrected chi connectivity index (χ4v) is 8.35. The number of nitrogens with zero attached hydrogens (tertiary/aromatic N) is 2. The number of phenolic OH excluding ortho intramolecular Hbond substituents is 1. The van der Waals surface area contributed by atoms with Crippen LogP contribution < -0.4 is 15.6 Å². The van der Waals surface area contributed by atoms with Crippen LogP contribution in [0.15, 0.2) is 138 Å². The molecule has 61 heavy (non-hydrogen) atoms. The molecule has 1 aromatic heterocycles. The molecule has 0 bridgehead atoms. The summed E-state index contributed by atoms with van der Waals surface area (Å²) in [5.74, 6) is 0.266. The molecule has 0 aliphatic carbocycles. The molecule has 2 saturated heterocycles. The summed E-state index contributed by atoms with van der Waals surface area (Å²) in [6, 6.07) is 41.5. The van der Waals surface area contributed by atoms with Crippen LogP contribution in [0.1, 0.15) is 63.0 Å². The van der Waals surface area contributed by atoms with Crippen molar-refractivity contribution in [1.29, 1.82) is 0 Å². The number of rotatable bonds is 16. The van der Waals surface area contributed by atoms with Gasteiger partial charge >= 0.3 is 5.97 Å². The minimum Gasteiger partial charge on any atom is -0.506 e. The summed E-state index contributed by atoms with van der Waals surface area (Å²) in [6.45, 7) is 5.68. The van der Waals surface area contributed by atoms with Crippen LogP contribution in [0, 0.1) is 11.8 Å². The predicted molar refractivity (Wildman–Crippen MR) is 234 cm³/mol. The zero-order valence-corrected chi connectivity index (χ0v) is 34.1. The van der Waals surface area contributed by atoms with Gasteiger partial charge in [-0.05, 0) is 96.1 Å². The third kappa shape index (κ3) is 10.4. The third-order valence-corrected chi connectivity index (χ3v) is 11.8. The Hall–Kier alpha value is -6.27. The second kappa shape index (κ2) is 19.4. The van der Waals surface area contributed by atoms with Gasteiger partial charge in [0, 0.05) is 55.7 Å². The zero-order chi connectivity index (χ0) is 42.1. The van der Waals surface area contributed by atoms with Crippen LogP contribution in [0.25, 0.3) is 10.9 Å². The number of aromatic amines is 1. The highest BCUT2D eigenvalue weighted by atomic mass is 16.5. The summed E-state index contributed by atoms with van der Waals surface area (Å²) >= 11 is 0. The third-order valence-electron chi connectivity index (χ3n) is 11.8. The maximum absolute atomic E-state index is 13.8. The quantitative estimate of drug-likeness (QED) is 0.0776. The number of aromatic nitrogens is 1. The number of esters is 1. The van der Waals surface area contributed by atoms with E-state index < -0.39 is 12.0 Å². The molecule has 0 saturated carbocycles. The molecule has 2 fully saturated rings. The maximum atomic E-state index is 13.8. The van der Waals surface area contributed by atoms with Crippen molar-refractivity contribution in [3.63, 3.8) is 0 Å². The molecule has 5 aromatic carbocycles. The van der Waals surface area contributed by atoms with E-state index in [4.69, 9.17) is 9.47 Å². The molecule has 6 aromatic rings. The summed E-state index contributed by atoms with van der Waals surface area (Å²) in [7, 11) is 0. The molecular formula is C50H52N4O7. The molecular weight excluding hydrogens is 769 g/mol. The second-order valence-corrected chi connectivity index (χ2v) is 16.3. The summed E-state index contributed by atoms with van der Waals surface area (Å²) in [4.78, 5) is 45.7. The van der Waals surface area contributed by atoms with Gasteiger partial charge in [-0.25, -0.2) is 0 Å². The smallest absolute Gasteiger partial charge is 0.317 e. The Morgan fingerprint density at radius 3 is 2.25 bits per heavy atom. The van der Waals surface area contributed by atoms with E-state index in [1.165, 1.54) is 17.7 Å². The minimum absolute atomic E-state index is 0.0348. The van der Waals surface area contributed by atoms with Gasteiger partial charge in [0.15, 0.2) is 0 Å². The van der Waals surface area contributed by atoms with Crippen LogP contribution in [-0.4, -0.2) is 82.8 Å². The highest BCUT2D eigenvalue weighted by Gasteiger charge is 2.32. The van der Waals surface area contributed by atoms with E-state index in [9.17, 15) is 24.6 Å². The predicted octanol–water partition coefficient (Wildman–Crippen LogP) is 6.80. The van der Waals surface area contributed by atoms with Crippen molar-refractivity contribution in [2.45, 2.75) is 38.0 Å². The molecule has 0 spiro atoms. The molecule has 11 nitrogen and oxygen atoms in total. The van der Waals surface area contributed by atoms with E-state index >= 15 is 0 Å². The van der Waals surface area contributed by atoms with Crippen LogP contribution in [-0.2, 0) is 22.6 Å². The number of piperidine rings is 1. The average molecular weight is 821 g/mol. The van der Waals surface area contributed by atoms with E-state index in [1.807, 2.05) is 89.8 Å². The van der Waals surface area contributed by atoms with Crippen LogP contribution in [0.3, 0.4) is 0 Å². The van der Waals surface area contributed by atoms with Crippen molar-refractivity contribution >= 4 is 22.8 Å². The first-order chi connectivity index (χ1) is 29.8. The number of hydrogen-bond acceptors (Lipinski definition) is 9. The Morgan fingerprint density at radius 2 is 1.49 bits per heavy atom. The number of aliphatic hydroxyl groups is 1. The SMILES string of the molecule is O=C(OCC1CCN(Cc2ccccc2)CC1)C(c1ccccc1)c1cccc(OCC2CN(C(=O)c3ccc(CNC[C@H](O)c4ccc(O)c5[nH]c(=O)ccc45)cc3)C2)c1. The van der Waals surface area contributed by atoms with Crippen molar-refractivity contribution in [3.8, 4) is 11.5 Å². The van der Waals surface area contributed by atoms with E-state index in [1.54, 1.807) is 12.1 Å². The molecule has 1 unspecified atom stereocenters. The standard InChI is InChI=1S/C50H52N4O7/c55-44-20-18-42(43-19-21-46(57)52-48(43)44)45(56)28-51-27-34-14-16-39(17-15-34)49(58)54-30-37(31-54)33-60-41-13-7-12-40(26-41)47(38-10-5-2-6-11-38)50(59)61-32-36-22-24-53(25-23-36)29-35-8-3-1-4-9-35/h1-21,26,36-37,45,47,51,55-56H,22-25,27-33H2,(H,52,57)/t45-,47?/m0/s1. The van der Waals surface area contributed by atoms with E-state index in [-0.39, 0.29) is 35.6 Å². The van der Waals surface area contributed by atoms with E-state index in [0.29, 0.717) is 66.5 Å². The number of nitrogens with one attached hydrogen (secondary N) is 2. The van der Waals surface area contributed by atoms with Crippen molar-refractivity contribution in [1.82, 2.24) is 20.1 Å². The molecule has 2 aliphatic rings. The number of amides is 1. The van der Waals surface area contributed by atoms with Crippen molar-refractivity contribution in [2.75, 3.05) is 45.9 Å². The molecule has 314 valence electrons. The zero-order valence-electron chi connectivity index (χ0n) is 34.1. The van der Waals surface area contributed by atoms with E-state index in [2.05, 4.69) is 39.5 Å². The lowest BCUT2D eigenvalue weighted by molar-refractivity contribution is -0.146. The monoisotopic (exact) mass is 820 g/mol. The number of aromatic hydroxyl groups is 1. The van der Waals surface area contributed by atoms with Gasteiger partial charge in [0.1, 0.15) is 17.4 Å². The number of hydrogen-bond donors (Lipinski definition) is 4. The number of carbonyl (C=O) groups excluding carboxylic acids is 2. The number of likely N-dealkylation sites (tertiary alicyclic amines) is 2. The Labute approximate surface area is 355 Å².